The zero-order valence-corrected chi connectivity index (χ0v) is 16.1. The number of anilines is 2. The Bertz CT molecular complexity index is 711. The van der Waals surface area contributed by atoms with E-state index in [4.69, 9.17) is 0 Å². The lowest BCUT2D eigenvalue weighted by Crippen LogP contribution is -2.49. The lowest BCUT2D eigenvalue weighted by molar-refractivity contribution is 0.0746. The Labute approximate surface area is 161 Å². The molecule has 1 N–H and O–H groups in total. The molecule has 0 saturated carbocycles. The average Bonchev–Trinajstić information content (AvgIpc) is 2.72. The van der Waals surface area contributed by atoms with Crippen LogP contribution in [0, 0.1) is 0 Å². The van der Waals surface area contributed by atoms with Crippen LogP contribution in [0.5, 0.6) is 0 Å². The van der Waals surface area contributed by atoms with Crippen LogP contribution < -0.4 is 10.2 Å². The van der Waals surface area contributed by atoms with E-state index < -0.39 is 0 Å². The molecule has 3 heterocycles. The van der Waals surface area contributed by atoms with Crippen LogP contribution in [-0.4, -0.2) is 79.0 Å². The molecule has 0 bridgehead atoms. The highest BCUT2D eigenvalue weighted by atomic mass is 16.2. The minimum atomic E-state index is 0.0438. The Kier molecular flexibility index (Phi) is 6.59. The molecule has 27 heavy (non-hydrogen) atoms. The summed E-state index contributed by atoms with van der Waals surface area (Å²) >= 11 is 0. The summed E-state index contributed by atoms with van der Waals surface area (Å²) in [5.41, 5.74) is 0.639. The van der Waals surface area contributed by atoms with Gasteiger partial charge in [0.05, 0.1) is 5.56 Å². The molecule has 0 unspecified atom stereocenters. The van der Waals surface area contributed by atoms with Crippen molar-refractivity contribution in [2.24, 2.45) is 0 Å². The zero-order chi connectivity index (χ0) is 19.1. The van der Waals surface area contributed by atoms with Crippen molar-refractivity contribution in [3.63, 3.8) is 0 Å². The molecule has 0 aliphatic carbocycles. The van der Waals surface area contributed by atoms with Gasteiger partial charge in [-0.2, -0.15) is 0 Å². The summed E-state index contributed by atoms with van der Waals surface area (Å²) in [7, 11) is 4.13. The molecule has 7 nitrogen and oxygen atoms in total. The number of piperazine rings is 1. The van der Waals surface area contributed by atoms with Crippen molar-refractivity contribution in [1.29, 1.82) is 0 Å². The summed E-state index contributed by atoms with van der Waals surface area (Å²) in [5.74, 6) is 1.82. The van der Waals surface area contributed by atoms with E-state index in [1.165, 1.54) is 0 Å². The number of carbonyl (C=O) groups is 1. The number of carbonyl (C=O) groups excluding carboxylic acids is 1. The maximum Gasteiger partial charge on any atom is 0.255 e. The minimum Gasteiger partial charge on any atom is -0.370 e. The number of rotatable bonds is 7. The first-order valence-electron chi connectivity index (χ1n) is 9.43. The highest BCUT2D eigenvalue weighted by Crippen LogP contribution is 2.15. The van der Waals surface area contributed by atoms with Crippen LogP contribution in [-0.2, 0) is 0 Å². The molecule has 0 radical (unpaired) electrons. The highest BCUT2D eigenvalue weighted by Gasteiger charge is 2.22. The van der Waals surface area contributed by atoms with Gasteiger partial charge < -0.3 is 20.0 Å². The minimum absolute atomic E-state index is 0.0438. The standard InChI is InChI=1S/C20H28N6O/c1-24(2)11-5-10-21-18-8-7-17(16-23-18)20(27)26-14-12-25(13-15-26)19-6-3-4-9-22-19/h3-4,6-9,16H,5,10-15H2,1-2H3,(H,21,23). The number of hydrogen-bond donors (Lipinski definition) is 1. The van der Waals surface area contributed by atoms with Gasteiger partial charge in [0.2, 0.25) is 0 Å². The van der Waals surface area contributed by atoms with E-state index in [0.29, 0.717) is 18.7 Å². The van der Waals surface area contributed by atoms with E-state index in [2.05, 4.69) is 39.2 Å². The first-order chi connectivity index (χ1) is 13.1. The predicted molar refractivity (Wildman–Crippen MR) is 108 cm³/mol. The number of pyridine rings is 2. The van der Waals surface area contributed by atoms with Gasteiger partial charge in [-0.3, -0.25) is 4.79 Å². The van der Waals surface area contributed by atoms with Gasteiger partial charge in [0.25, 0.3) is 5.91 Å². The monoisotopic (exact) mass is 368 g/mol. The van der Waals surface area contributed by atoms with Gasteiger partial charge in [-0.1, -0.05) is 6.07 Å². The summed E-state index contributed by atoms with van der Waals surface area (Å²) in [5, 5.41) is 3.29. The summed E-state index contributed by atoms with van der Waals surface area (Å²) < 4.78 is 0. The van der Waals surface area contributed by atoms with Crippen LogP contribution in [0.3, 0.4) is 0 Å². The summed E-state index contributed by atoms with van der Waals surface area (Å²) in [6.07, 6.45) is 4.52. The fourth-order valence-corrected chi connectivity index (χ4v) is 3.10. The molecule has 1 fully saturated rings. The Morgan fingerprint density at radius 1 is 1.11 bits per heavy atom. The van der Waals surface area contributed by atoms with Crippen LogP contribution in [0.25, 0.3) is 0 Å². The van der Waals surface area contributed by atoms with E-state index in [1.807, 2.05) is 35.2 Å². The summed E-state index contributed by atoms with van der Waals surface area (Å²) in [6.45, 7) is 4.88. The Hall–Kier alpha value is -2.67. The largest absolute Gasteiger partial charge is 0.370 e. The molecule has 2 aromatic heterocycles. The van der Waals surface area contributed by atoms with E-state index >= 15 is 0 Å². The number of aromatic nitrogens is 2. The van der Waals surface area contributed by atoms with E-state index in [-0.39, 0.29) is 5.91 Å². The molecule has 0 aromatic carbocycles. The molecular weight excluding hydrogens is 340 g/mol. The molecule has 0 atom stereocenters. The second-order valence-electron chi connectivity index (χ2n) is 6.98. The van der Waals surface area contributed by atoms with E-state index in [9.17, 15) is 4.79 Å². The van der Waals surface area contributed by atoms with Crippen molar-refractivity contribution in [3.05, 3.63) is 48.3 Å². The zero-order valence-electron chi connectivity index (χ0n) is 16.1. The van der Waals surface area contributed by atoms with Crippen molar-refractivity contribution in [2.75, 3.05) is 63.6 Å². The Balaban J connectivity index is 1.48. The van der Waals surface area contributed by atoms with Crippen molar-refractivity contribution in [1.82, 2.24) is 19.8 Å². The van der Waals surface area contributed by atoms with Gasteiger partial charge in [-0.25, -0.2) is 9.97 Å². The Morgan fingerprint density at radius 3 is 2.56 bits per heavy atom. The molecule has 1 amide bonds. The third-order valence-corrected chi connectivity index (χ3v) is 4.64. The molecular formula is C20H28N6O. The van der Waals surface area contributed by atoms with Gasteiger partial charge in [0.1, 0.15) is 11.6 Å². The van der Waals surface area contributed by atoms with Gasteiger partial charge >= 0.3 is 0 Å². The average molecular weight is 368 g/mol. The fraction of sp³-hybridized carbons (Fsp3) is 0.450. The van der Waals surface area contributed by atoms with Gasteiger partial charge in [-0.15, -0.1) is 0 Å². The lowest BCUT2D eigenvalue weighted by Gasteiger charge is -2.35. The van der Waals surface area contributed by atoms with Gasteiger partial charge in [0, 0.05) is 45.1 Å². The quantitative estimate of drug-likeness (QED) is 0.752. The van der Waals surface area contributed by atoms with Gasteiger partial charge in [-0.05, 0) is 51.3 Å². The molecule has 1 aliphatic heterocycles. The highest BCUT2D eigenvalue weighted by molar-refractivity contribution is 5.94. The molecule has 2 aromatic rings. The van der Waals surface area contributed by atoms with E-state index in [0.717, 1.165) is 44.2 Å². The summed E-state index contributed by atoms with van der Waals surface area (Å²) in [6, 6.07) is 9.64. The molecule has 1 saturated heterocycles. The Morgan fingerprint density at radius 2 is 1.93 bits per heavy atom. The second-order valence-corrected chi connectivity index (χ2v) is 6.98. The molecule has 7 heteroatoms. The topological polar surface area (TPSA) is 64.6 Å². The fourth-order valence-electron chi connectivity index (χ4n) is 3.10. The molecule has 3 rings (SSSR count). The van der Waals surface area contributed by atoms with Crippen LogP contribution >= 0.6 is 0 Å². The second kappa shape index (κ2) is 9.32. The summed E-state index contributed by atoms with van der Waals surface area (Å²) in [4.78, 5) is 27.7. The SMILES string of the molecule is CN(C)CCCNc1ccc(C(=O)N2CCN(c3ccccn3)CC2)cn1. The molecule has 1 aliphatic rings. The van der Waals surface area contributed by atoms with Gasteiger partial charge in [0.15, 0.2) is 0 Å². The maximum absolute atomic E-state index is 12.7. The molecule has 144 valence electrons. The third kappa shape index (κ3) is 5.40. The van der Waals surface area contributed by atoms with Crippen molar-refractivity contribution >= 4 is 17.5 Å². The predicted octanol–water partition coefficient (Wildman–Crippen LogP) is 1.80. The first-order valence-corrected chi connectivity index (χ1v) is 9.43. The number of hydrogen-bond acceptors (Lipinski definition) is 6. The number of nitrogens with zero attached hydrogens (tertiary/aromatic N) is 5. The van der Waals surface area contributed by atoms with Crippen molar-refractivity contribution in [3.8, 4) is 0 Å². The lowest BCUT2D eigenvalue weighted by atomic mass is 10.2. The van der Waals surface area contributed by atoms with Crippen LogP contribution in [0.2, 0.25) is 0 Å². The van der Waals surface area contributed by atoms with Crippen LogP contribution in [0.1, 0.15) is 16.8 Å². The smallest absolute Gasteiger partial charge is 0.255 e. The van der Waals surface area contributed by atoms with Crippen LogP contribution in [0.15, 0.2) is 42.7 Å². The molecule has 0 spiro atoms. The maximum atomic E-state index is 12.7. The van der Waals surface area contributed by atoms with Crippen molar-refractivity contribution < 1.29 is 4.79 Å². The normalized spacial score (nSPS) is 14.5. The van der Waals surface area contributed by atoms with Crippen molar-refractivity contribution in [2.45, 2.75) is 6.42 Å². The number of nitrogens with one attached hydrogen (secondary N) is 1. The van der Waals surface area contributed by atoms with E-state index in [1.54, 1.807) is 12.4 Å². The number of amides is 1. The van der Waals surface area contributed by atoms with Crippen LogP contribution in [0.4, 0.5) is 11.6 Å². The third-order valence-electron chi connectivity index (χ3n) is 4.64. The first kappa shape index (κ1) is 19.1.